The molecule has 1 amide bonds. The van der Waals surface area contributed by atoms with Crippen molar-refractivity contribution >= 4 is 16.8 Å². The van der Waals surface area contributed by atoms with Crippen LogP contribution in [0.3, 0.4) is 0 Å². The highest BCUT2D eigenvalue weighted by atomic mass is 16.1. The topological polar surface area (TPSA) is 75.6 Å². The maximum atomic E-state index is 12.5. The Bertz CT molecular complexity index is 969. The molecule has 6 nitrogen and oxygen atoms in total. The van der Waals surface area contributed by atoms with Crippen LogP contribution < -0.4 is 5.32 Å². The number of aromatic nitrogens is 4. The first-order chi connectivity index (χ1) is 12.2. The van der Waals surface area contributed by atoms with Crippen LogP contribution in [-0.2, 0) is 0 Å². The predicted molar refractivity (Wildman–Crippen MR) is 95.5 cm³/mol. The number of para-hydroxylation sites is 1. The molecular formula is C19H17N5O. The molecule has 4 aromatic rings. The van der Waals surface area contributed by atoms with Crippen LogP contribution in [0.25, 0.3) is 16.6 Å². The molecule has 1 unspecified atom stereocenters. The number of aromatic amines is 1. The highest BCUT2D eigenvalue weighted by molar-refractivity contribution is 5.98. The van der Waals surface area contributed by atoms with Crippen molar-refractivity contribution in [3.63, 3.8) is 0 Å². The predicted octanol–water partition coefficient (Wildman–Crippen LogP) is 3.24. The molecule has 0 radical (unpaired) electrons. The van der Waals surface area contributed by atoms with Crippen LogP contribution in [0.1, 0.15) is 29.0 Å². The fourth-order valence-corrected chi connectivity index (χ4v) is 2.81. The molecule has 0 aliphatic heterocycles. The summed E-state index contributed by atoms with van der Waals surface area (Å²) in [5.74, 6) is -0.121. The van der Waals surface area contributed by atoms with Crippen LogP contribution in [0.2, 0.25) is 0 Å². The third-order valence-corrected chi connectivity index (χ3v) is 4.20. The minimum atomic E-state index is -0.121. The smallest absolute Gasteiger partial charge is 0.268 e. The minimum absolute atomic E-state index is 0.108. The Morgan fingerprint density at radius 2 is 1.96 bits per heavy atom. The summed E-state index contributed by atoms with van der Waals surface area (Å²) in [6.07, 6.45) is 3.15. The van der Waals surface area contributed by atoms with Gasteiger partial charge in [0.15, 0.2) is 0 Å². The van der Waals surface area contributed by atoms with Gasteiger partial charge in [-0.05, 0) is 36.8 Å². The molecule has 25 heavy (non-hydrogen) atoms. The van der Waals surface area contributed by atoms with Gasteiger partial charge in [0.2, 0.25) is 0 Å². The lowest BCUT2D eigenvalue weighted by atomic mass is 10.1. The van der Waals surface area contributed by atoms with Crippen molar-refractivity contribution in [2.75, 3.05) is 0 Å². The average molecular weight is 331 g/mol. The Hall–Kier alpha value is -3.41. The standard InChI is InChI=1S/C19H17N5O/c1-13(14-6-8-16(9-7-14)24-12-20-11-21-24)22-19(25)18-10-15-4-2-3-5-17(15)23-18/h2-13,23H,1H3,(H,22,25). The average Bonchev–Trinajstić information content (AvgIpc) is 3.31. The van der Waals surface area contributed by atoms with Gasteiger partial charge in [0, 0.05) is 10.9 Å². The number of benzene rings is 2. The van der Waals surface area contributed by atoms with Gasteiger partial charge in [-0.2, -0.15) is 5.10 Å². The summed E-state index contributed by atoms with van der Waals surface area (Å²) in [5, 5.41) is 8.15. The highest BCUT2D eigenvalue weighted by Gasteiger charge is 2.13. The van der Waals surface area contributed by atoms with E-state index in [9.17, 15) is 4.79 Å². The van der Waals surface area contributed by atoms with E-state index >= 15 is 0 Å². The Morgan fingerprint density at radius 3 is 2.68 bits per heavy atom. The first-order valence-corrected chi connectivity index (χ1v) is 8.04. The Labute approximate surface area is 144 Å². The molecule has 0 aliphatic carbocycles. The van der Waals surface area contributed by atoms with E-state index in [-0.39, 0.29) is 11.9 Å². The van der Waals surface area contributed by atoms with Gasteiger partial charge >= 0.3 is 0 Å². The second-order valence-corrected chi connectivity index (χ2v) is 5.90. The van der Waals surface area contributed by atoms with Gasteiger partial charge in [0.1, 0.15) is 18.3 Å². The van der Waals surface area contributed by atoms with Crippen molar-refractivity contribution < 1.29 is 4.79 Å². The molecule has 0 aliphatic rings. The third-order valence-electron chi connectivity index (χ3n) is 4.20. The molecule has 2 heterocycles. The van der Waals surface area contributed by atoms with Crippen LogP contribution in [0.5, 0.6) is 0 Å². The minimum Gasteiger partial charge on any atom is -0.351 e. The molecule has 1 atom stereocenters. The van der Waals surface area contributed by atoms with Crippen molar-refractivity contribution in [2.24, 2.45) is 0 Å². The van der Waals surface area contributed by atoms with Crippen LogP contribution in [0.15, 0.2) is 67.3 Å². The fourth-order valence-electron chi connectivity index (χ4n) is 2.81. The van der Waals surface area contributed by atoms with E-state index in [1.54, 1.807) is 11.0 Å². The van der Waals surface area contributed by atoms with Crippen LogP contribution in [-0.4, -0.2) is 25.7 Å². The number of nitrogens with zero attached hydrogens (tertiary/aromatic N) is 3. The number of H-pyrrole nitrogens is 1. The van der Waals surface area contributed by atoms with E-state index in [1.807, 2.05) is 61.5 Å². The monoisotopic (exact) mass is 331 g/mol. The van der Waals surface area contributed by atoms with E-state index in [1.165, 1.54) is 6.33 Å². The van der Waals surface area contributed by atoms with Crippen molar-refractivity contribution in [3.8, 4) is 5.69 Å². The Balaban J connectivity index is 1.49. The van der Waals surface area contributed by atoms with E-state index in [2.05, 4.69) is 20.4 Å². The van der Waals surface area contributed by atoms with E-state index < -0.39 is 0 Å². The maximum absolute atomic E-state index is 12.5. The number of fused-ring (bicyclic) bond motifs is 1. The maximum Gasteiger partial charge on any atom is 0.268 e. The van der Waals surface area contributed by atoms with Gasteiger partial charge in [0.25, 0.3) is 5.91 Å². The summed E-state index contributed by atoms with van der Waals surface area (Å²) in [4.78, 5) is 19.6. The van der Waals surface area contributed by atoms with E-state index in [0.717, 1.165) is 22.2 Å². The molecule has 124 valence electrons. The highest BCUT2D eigenvalue weighted by Crippen LogP contribution is 2.18. The number of amides is 1. The lowest BCUT2D eigenvalue weighted by Gasteiger charge is -2.14. The number of hydrogen-bond donors (Lipinski definition) is 2. The second-order valence-electron chi connectivity index (χ2n) is 5.90. The number of hydrogen-bond acceptors (Lipinski definition) is 3. The molecule has 0 bridgehead atoms. The van der Waals surface area contributed by atoms with Crippen LogP contribution in [0.4, 0.5) is 0 Å². The number of carbonyl (C=O) groups excluding carboxylic acids is 1. The molecule has 0 saturated heterocycles. The van der Waals surface area contributed by atoms with Crippen molar-refractivity contribution in [1.82, 2.24) is 25.1 Å². The van der Waals surface area contributed by atoms with Crippen LogP contribution >= 0.6 is 0 Å². The van der Waals surface area contributed by atoms with E-state index in [0.29, 0.717) is 5.69 Å². The molecule has 0 fully saturated rings. The van der Waals surface area contributed by atoms with Gasteiger partial charge in [0.05, 0.1) is 11.7 Å². The molecule has 2 aromatic carbocycles. The first kappa shape index (κ1) is 15.1. The lowest BCUT2D eigenvalue weighted by molar-refractivity contribution is 0.0935. The Kier molecular flexibility index (Phi) is 3.78. The van der Waals surface area contributed by atoms with Gasteiger partial charge < -0.3 is 10.3 Å². The zero-order valence-corrected chi connectivity index (χ0v) is 13.7. The summed E-state index contributed by atoms with van der Waals surface area (Å²) in [6.45, 7) is 1.96. The summed E-state index contributed by atoms with van der Waals surface area (Å²) in [7, 11) is 0. The lowest BCUT2D eigenvalue weighted by Crippen LogP contribution is -2.26. The number of rotatable bonds is 4. The molecule has 0 saturated carbocycles. The normalized spacial score (nSPS) is 12.2. The summed E-state index contributed by atoms with van der Waals surface area (Å²) >= 11 is 0. The van der Waals surface area contributed by atoms with Crippen LogP contribution in [0, 0.1) is 0 Å². The van der Waals surface area contributed by atoms with Gasteiger partial charge in [-0.3, -0.25) is 4.79 Å². The number of carbonyl (C=O) groups is 1. The molecule has 6 heteroatoms. The zero-order valence-electron chi connectivity index (χ0n) is 13.7. The van der Waals surface area contributed by atoms with Crippen molar-refractivity contribution in [3.05, 3.63) is 78.5 Å². The van der Waals surface area contributed by atoms with Gasteiger partial charge in [-0.15, -0.1) is 0 Å². The largest absolute Gasteiger partial charge is 0.351 e. The molecule has 2 N–H and O–H groups in total. The molecule has 2 aromatic heterocycles. The summed E-state index contributed by atoms with van der Waals surface area (Å²) in [6, 6.07) is 17.5. The summed E-state index contributed by atoms with van der Waals surface area (Å²) < 4.78 is 1.69. The number of nitrogens with one attached hydrogen (secondary N) is 2. The molecule has 4 rings (SSSR count). The molecular weight excluding hydrogens is 314 g/mol. The third kappa shape index (κ3) is 3.01. The fraction of sp³-hybridized carbons (Fsp3) is 0.105. The SMILES string of the molecule is CC(NC(=O)c1cc2ccccc2[nH]1)c1ccc(-n2cncn2)cc1. The second kappa shape index (κ2) is 6.24. The van der Waals surface area contributed by atoms with Gasteiger partial charge in [-0.1, -0.05) is 30.3 Å². The van der Waals surface area contributed by atoms with Gasteiger partial charge in [-0.25, -0.2) is 9.67 Å². The Morgan fingerprint density at radius 1 is 1.16 bits per heavy atom. The zero-order chi connectivity index (χ0) is 17.2. The quantitative estimate of drug-likeness (QED) is 0.603. The van der Waals surface area contributed by atoms with Crippen molar-refractivity contribution in [2.45, 2.75) is 13.0 Å². The van der Waals surface area contributed by atoms with Crippen molar-refractivity contribution in [1.29, 1.82) is 0 Å². The first-order valence-electron chi connectivity index (χ1n) is 8.04. The van der Waals surface area contributed by atoms with E-state index in [4.69, 9.17) is 0 Å². The molecule has 0 spiro atoms. The summed E-state index contributed by atoms with van der Waals surface area (Å²) in [5.41, 5.74) is 3.47.